The van der Waals surface area contributed by atoms with Crippen LogP contribution in [0.1, 0.15) is 24.4 Å². The number of amides is 3. The van der Waals surface area contributed by atoms with Crippen LogP contribution >= 0.6 is 0 Å². The van der Waals surface area contributed by atoms with Gasteiger partial charge in [0.15, 0.2) is 0 Å². The third kappa shape index (κ3) is 5.79. The Balaban J connectivity index is 1.34. The lowest BCUT2D eigenvalue weighted by Gasteiger charge is -2.36. The fourth-order valence-electron chi connectivity index (χ4n) is 7.09. The van der Waals surface area contributed by atoms with Crippen LogP contribution in [0, 0.1) is 11.8 Å². The van der Waals surface area contributed by atoms with Gasteiger partial charge in [-0.15, -0.1) is 0 Å². The molecule has 5 aliphatic rings. The van der Waals surface area contributed by atoms with Crippen LogP contribution < -0.4 is 5.32 Å². The zero-order chi connectivity index (χ0) is 30.7. The minimum atomic E-state index is -1.33. The van der Waals surface area contributed by atoms with Gasteiger partial charge in [-0.05, 0) is 12.0 Å². The van der Waals surface area contributed by atoms with Gasteiger partial charge in [0.1, 0.15) is 18.2 Å². The van der Waals surface area contributed by atoms with E-state index in [-0.39, 0.29) is 38.6 Å². The summed E-state index contributed by atoms with van der Waals surface area (Å²) in [5.74, 6) is -3.35. The minimum Gasteiger partial charge on any atom is -0.463 e. The highest BCUT2D eigenvalue weighted by Gasteiger charge is 2.73. The standard InChI is InChI=1S/C32H40N4O8/c37-18-15-36-28-31(41)35(14-13-34-16-19-42-20-17-34)12-6-2-5-9-25(38)43-21-23(22-7-3-1-4-8-22)33-29(39)26-24-10-11-32(28,44-24)27(26)30(36)40/h1-4,6-8,10-11,23-24,26-28,37H,5,9,12-21H2,(H,33,39)/b6-2-/t23-,24-,26+,27+,28-,32+/m1/s1. The van der Waals surface area contributed by atoms with E-state index in [2.05, 4.69) is 10.2 Å². The Bertz CT molecular complexity index is 1300. The first kappa shape index (κ1) is 30.4. The Hall–Kier alpha value is -3.58. The second kappa shape index (κ2) is 13.2. The number of rotatable bonds is 6. The average Bonchev–Trinajstić information content (AvgIpc) is 3.68. The number of aliphatic hydroxyl groups excluding tert-OH is 1. The number of likely N-dealkylation sites (tertiary alicyclic amines) is 1. The summed E-state index contributed by atoms with van der Waals surface area (Å²) in [5.41, 5.74) is -0.580. The summed E-state index contributed by atoms with van der Waals surface area (Å²) >= 11 is 0. The predicted molar refractivity (Wildman–Crippen MR) is 157 cm³/mol. The lowest BCUT2D eigenvalue weighted by molar-refractivity contribution is -0.148. The van der Waals surface area contributed by atoms with Crippen molar-refractivity contribution in [2.75, 3.05) is 65.7 Å². The van der Waals surface area contributed by atoms with Crippen LogP contribution in [0.3, 0.4) is 0 Å². The summed E-state index contributed by atoms with van der Waals surface area (Å²) in [7, 11) is 0. The number of hydrogen-bond donors (Lipinski definition) is 2. The summed E-state index contributed by atoms with van der Waals surface area (Å²) in [6.07, 6.45) is 7.12. The molecule has 6 atom stereocenters. The number of carbonyl (C=O) groups excluding carboxylic acids is 4. The second-order valence-electron chi connectivity index (χ2n) is 11.9. The van der Waals surface area contributed by atoms with Crippen molar-refractivity contribution in [3.63, 3.8) is 0 Å². The molecule has 2 N–H and O–H groups in total. The Morgan fingerprint density at radius 2 is 1.77 bits per heavy atom. The van der Waals surface area contributed by atoms with E-state index in [1.807, 2.05) is 42.5 Å². The van der Waals surface area contributed by atoms with Gasteiger partial charge in [0.25, 0.3) is 0 Å². The Kier molecular flexibility index (Phi) is 9.13. The van der Waals surface area contributed by atoms with Crippen molar-refractivity contribution in [3.05, 3.63) is 60.2 Å². The van der Waals surface area contributed by atoms with Gasteiger partial charge in [-0.2, -0.15) is 0 Å². The zero-order valence-corrected chi connectivity index (χ0v) is 24.7. The fraction of sp³-hybridized carbons (Fsp3) is 0.562. The summed E-state index contributed by atoms with van der Waals surface area (Å²) in [6, 6.07) is 7.53. The van der Waals surface area contributed by atoms with Crippen molar-refractivity contribution >= 4 is 23.7 Å². The minimum absolute atomic E-state index is 0.0561. The van der Waals surface area contributed by atoms with Gasteiger partial charge < -0.3 is 34.4 Å². The molecule has 6 rings (SSSR count). The summed E-state index contributed by atoms with van der Waals surface area (Å²) in [6.45, 7) is 3.62. The molecule has 3 amide bonds. The maximum atomic E-state index is 14.5. The van der Waals surface area contributed by atoms with E-state index in [9.17, 15) is 24.3 Å². The first-order valence-electron chi connectivity index (χ1n) is 15.5. The number of carbonyl (C=O) groups is 4. The summed E-state index contributed by atoms with van der Waals surface area (Å²) in [5, 5.41) is 12.9. The van der Waals surface area contributed by atoms with Gasteiger partial charge in [-0.3, -0.25) is 24.1 Å². The number of allylic oxidation sites excluding steroid dienone is 1. The van der Waals surface area contributed by atoms with Gasteiger partial charge in [-0.25, -0.2) is 0 Å². The van der Waals surface area contributed by atoms with Crippen LogP contribution in [0.2, 0.25) is 0 Å². The Labute approximate surface area is 256 Å². The second-order valence-corrected chi connectivity index (χ2v) is 11.9. The van der Waals surface area contributed by atoms with Crippen LogP contribution in [0.25, 0.3) is 0 Å². The first-order valence-corrected chi connectivity index (χ1v) is 15.5. The van der Waals surface area contributed by atoms with Gasteiger partial charge in [0.2, 0.25) is 17.7 Å². The average molecular weight is 609 g/mol. The van der Waals surface area contributed by atoms with E-state index in [0.717, 1.165) is 18.7 Å². The van der Waals surface area contributed by atoms with Crippen LogP contribution in [-0.4, -0.2) is 127 Å². The van der Waals surface area contributed by atoms with Crippen LogP contribution in [0.4, 0.5) is 0 Å². The lowest BCUT2D eigenvalue weighted by atomic mass is 9.74. The highest BCUT2D eigenvalue weighted by atomic mass is 16.5. The van der Waals surface area contributed by atoms with E-state index in [1.165, 1.54) is 4.90 Å². The van der Waals surface area contributed by atoms with Gasteiger partial charge in [0.05, 0.1) is 43.8 Å². The van der Waals surface area contributed by atoms with Crippen LogP contribution in [0.15, 0.2) is 54.6 Å². The fourth-order valence-corrected chi connectivity index (χ4v) is 7.09. The molecule has 0 radical (unpaired) electrons. The number of benzene rings is 1. The monoisotopic (exact) mass is 608 g/mol. The van der Waals surface area contributed by atoms with Crippen molar-refractivity contribution < 1.29 is 38.5 Å². The third-order valence-corrected chi connectivity index (χ3v) is 9.29. The van der Waals surface area contributed by atoms with Crippen molar-refractivity contribution in [1.29, 1.82) is 0 Å². The van der Waals surface area contributed by atoms with E-state index in [0.29, 0.717) is 32.7 Å². The molecule has 0 unspecified atom stereocenters. The molecule has 0 aromatic heterocycles. The molecule has 236 valence electrons. The molecule has 3 fully saturated rings. The SMILES string of the molecule is O=C1CC/C=C\CN(CCN2CCOCC2)C(=O)[C@H]2N(CCO)C(=O)[C@@H]3[C@@H](C(=O)N[C@@H](c4ccccc4)CO1)[C@H]1C=C[C@]32O1. The number of nitrogens with zero attached hydrogens (tertiary/aromatic N) is 3. The number of aliphatic hydroxyl groups is 1. The molecule has 0 saturated carbocycles. The molecule has 3 saturated heterocycles. The molecular formula is C32H40N4O8. The molecule has 1 aromatic carbocycles. The smallest absolute Gasteiger partial charge is 0.306 e. The number of ether oxygens (including phenoxy) is 3. The maximum absolute atomic E-state index is 14.5. The number of cyclic esters (lactones) is 1. The lowest BCUT2D eigenvalue weighted by Crippen LogP contribution is -2.57. The van der Waals surface area contributed by atoms with Crippen molar-refractivity contribution in [2.24, 2.45) is 11.8 Å². The van der Waals surface area contributed by atoms with Gasteiger partial charge in [0, 0.05) is 45.7 Å². The summed E-state index contributed by atoms with van der Waals surface area (Å²) < 4.78 is 17.5. The molecule has 5 aliphatic heterocycles. The maximum Gasteiger partial charge on any atom is 0.306 e. The molecule has 1 spiro atoms. The molecular weight excluding hydrogens is 568 g/mol. The Morgan fingerprint density at radius 3 is 2.55 bits per heavy atom. The van der Waals surface area contributed by atoms with Crippen molar-refractivity contribution in [1.82, 2.24) is 20.0 Å². The summed E-state index contributed by atoms with van der Waals surface area (Å²) in [4.78, 5) is 60.5. The van der Waals surface area contributed by atoms with E-state index < -0.39 is 53.4 Å². The molecule has 5 bridgehead atoms. The largest absolute Gasteiger partial charge is 0.463 e. The van der Waals surface area contributed by atoms with Gasteiger partial charge in [-0.1, -0.05) is 54.6 Å². The Morgan fingerprint density at radius 1 is 0.977 bits per heavy atom. The van der Waals surface area contributed by atoms with Crippen molar-refractivity contribution in [2.45, 2.75) is 36.6 Å². The molecule has 12 nitrogen and oxygen atoms in total. The number of fused-ring (bicyclic) bond motifs is 2. The highest BCUT2D eigenvalue weighted by molar-refractivity contribution is 6.00. The number of β-amino-alcohol motifs (C(OH)–C–C–N with tert-alkyl or cyclic N) is 1. The number of morpholine rings is 1. The molecule has 44 heavy (non-hydrogen) atoms. The molecule has 12 heteroatoms. The molecule has 1 aromatic rings. The molecule has 5 heterocycles. The topological polar surface area (TPSA) is 138 Å². The van der Waals surface area contributed by atoms with Gasteiger partial charge >= 0.3 is 5.97 Å². The first-order chi connectivity index (χ1) is 21.4. The molecule has 0 aliphatic carbocycles. The quantitative estimate of drug-likeness (QED) is 0.339. The third-order valence-electron chi connectivity index (χ3n) is 9.29. The number of esters is 1. The van der Waals surface area contributed by atoms with Crippen molar-refractivity contribution in [3.8, 4) is 0 Å². The zero-order valence-electron chi connectivity index (χ0n) is 24.7. The normalized spacial score (nSPS) is 33.8. The van der Waals surface area contributed by atoms with E-state index in [4.69, 9.17) is 14.2 Å². The van der Waals surface area contributed by atoms with E-state index in [1.54, 1.807) is 17.1 Å². The predicted octanol–water partition coefficient (Wildman–Crippen LogP) is 0.0408. The van der Waals surface area contributed by atoms with Crippen LogP contribution in [0.5, 0.6) is 0 Å². The number of hydrogen-bond acceptors (Lipinski definition) is 9. The number of nitrogens with one attached hydrogen (secondary N) is 1. The van der Waals surface area contributed by atoms with E-state index >= 15 is 0 Å². The van der Waals surface area contributed by atoms with Crippen LogP contribution in [-0.2, 0) is 33.4 Å². The highest BCUT2D eigenvalue weighted by Crippen LogP contribution is 2.55.